The molecule has 0 N–H and O–H groups in total. The molecule has 4 atom stereocenters. The molecule has 0 fully saturated rings. The molecule has 0 saturated carbocycles. The second kappa shape index (κ2) is 51.5. The number of thioether (sulfide) groups is 7. The van der Waals surface area contributed by atoms with Crippen LogP contribution in [0.5, 0.6) is 0 Å². The minimum Gasteiger partial charge on any atom is -0.454 e. The van der Waals surface area contributed by atoms with Crippen LogP contribution in [0.25, 0.3) is 0 Å². The van der Waals surface area contributed by atoms with Crippen molar-refractivity contribution >= 4 is 103 Å². The summed E-state index contributed by atoms with van der Waals surface area (Å²) >= 11 is -0.441. The second-order valence-electron chi connectivity index (χ2n) is 15.5. The van der Waals surface area contributed by atoms with Crippen molar-refractivity contribution in [2.24, 2.45) is 5.92 Å². The van der Waals surface area contributed by atoms with Gasteiger partial charge in [0.1, 0.15) is 12.2 Å². The van der Waals surface area contributed by atoms with Crippen LogP contribution in [0.1, 0.15) is 53.4 Å². The van der Waals surface area contributed by atoms with Gasteiger partial charge in [-0.15, -0.1) is 82.3 Å². The molecule has 0 spiro atoms. The zero-order valence-corrected chi connectivity index (χ0v) is 100. The molecular weight excluding hydrogens is 3180 g/mol. The van der Waals surface area contributed by atoms with Gasteiger partial charge < -0.3 is 58.2 Å². The summed E-state index contributed by atoms with van der Waals surface area (Å²) in [7, 11) is 1.68. The molecular formula is C44H62F21O8Rf7S7Si-7. The first-order chi connectivity index (χ1) is 37.2. The molecule has 0 aromatic heterocycles. The van der Waals surface area contributed by atoms with E-state index in [0.717, 1.165) is 6.42 Å². The number of halogens is 21. The van der Waals surface area contributed by atoms with Crippen LogP contribution in [0.3, 0.4) is 0 Å². The first-order valence-electron chi connectivity index (χ1n) is 22.4. The number of rotatable bonds is 43. The summed E-state index contributed by atoms with van der Waals surface area (Å²) in [4.78, 5) is 23.5. The molecule has 0 saturated heterocycles. The summed E-state index contributed by atoms with van der Waals surface area (Å²) in [5.41, 5.74) is -0.308. The van der Waals surface area contributed by atoms with Crippen LogP contribution in [0.15, 0.2) is 24.3 Å². The summed E-state index contributed by atoms with van der Waals surface area (Å²) in [5.74, 6) is -4.59. The summed E-state index contributed by atoms with van der Waals surface area (Å²) in [6.07, 6.45) is -1.21. The number of hydrogen-bond acceptors (Lipinski definition) is 15. The standard InChI is InChI=1S/C16H18F6O4S2.C11H16F6OS2.C9H12F6S2.C8H16F3O3SSi.7Rf/c1-9(2)13(23)25-11(5-27-15(19,20)7-17)12(26-14(24)10(3)4)6-28-16(21,22)8-18;1-2-3-4-18-5-9(20-11(16,17)8-13)6-19-10(14,15)7-12;1-7(4-17-9(14,15)6-11)2-3-16-8(12,13)5-10;1-12-16(13-2,14-3)6-4-5-15-8(10,11)7-9;;;;;;;/h7-8,11-12H,1,3,5-6H2,2,4H3;7-9H,2-6H2,1H3;5-7H,2-4H2,1H3;7H,4-6H2,1-3H3;;;;;;;/q3*-2;-1;;;;;;;. The molecule has 4 unspecified atom stereocenters. The summed E-state index contributed by atoms with van der Waals surface area (Å²) in [6.45, 7) is 7.12. The fraction of sp³-hybridized carbons (Fsp3) is 0.705. The largest absolute Gasteiger partial charge is 0.500 e. The van der Waals surface area contributed by atoms with Crippen molar-refractivity contribution < 1.29 is 129 Å². The Kier molecular flexibility index (Phi) is 61.6. The first kappa shape index (κ1) is 105. The van der Waals surface area contributed by atoms with E-state index in [1.54, 1.807) is 6.92 Å². The van der Waals surface area contributed by atoms with Crippen molar-refractivity contribution in [1.29, 1.82) is 0 Å². The fourth-order valence-electron chi connectivity index (χ4n) is 4.30. The van der Waals surface area contributed by atoms with Gasteiger partial charge in [0, 0.05) is 67.6 Å². The molecule has 0 aliphatic heterocycles. The molecule has 0 aromatic carbocycles. The third kappa shape index (κ3) is 53.9. The molecule has 0 bridgehead atoms. The van der Waals surface area contributed by atoms with Gasteiger partial charge in [-0.1, -0.05) is 80.1 Å². The molecule has 0 radical (unpaired) electrons. The maximum Gasteiger partial charge on any atom is 0.500 e. The van der Waals surface area contributed by atoms with Gasteiger partial charge in [0.05, 0.1) is 6.61 Å². The predicted octanol–water partition coefficient (Wildman–Crippen LogP) is 17.6. The topological polar surface area (TPSA) is 89.5 Å². The molecule has 0 heterocycles. The quantitative estimate of drug-likeness (QED) is 0.0145. The van der Waals surface area contributed by atoms with E-state index in [-0.39, 0.29) is 130 Å². The van der Waals surface area contributed by atoms with Crippen molar-refractivity contribution in [1.82, 2.24) is 0 Å². The van der Waals surface area contributed by atoms with Crippen molar-refractivity contribution in [3.8, 4) is 0 Å². The normalized spacial score (nSPS) is 13.1. The van der Waals surface area contributed by atoms with Gasteiger partial charge in [-0.25, -0.2) is 71.1 Å². The van der Waals surface area contributed by atoms with Gasteiger partial charge in [-0.05, 0) is 56.3 Å². The van der Waals surface area contributed by atoms with E-state index in [1.165, 1.54) is 35.2 Å². The molecule has 0 aromatic rings. The third-order valence-electron chi connectivity index (χ3n) is 8.45. The number of hydrogen-bond donors (Lipinski definition) is 0. The predicted molar refractivity (Wildman–Crippen MR) is 284 cm³/mol. The van der Waals surface area contributed by atoms with E-state index in [9.17, 15) is 102 Å². The van der Waals surface area contributed by atoms with E-state index in [2.05, 4.69) is 13.2 Å². The Morgan fingerprint density at radius 3 is 1.09 bits per heavy atom. The second-order valence-corrected chi connectivity index (χ2v) is 27.2. The minimum atomic E-state index is -3.97. The monoisotopic (exact) mass is 3240 g/mol. The van der Waals surface area contributed by atoms with Gasteiger partial charge in [0.25, 0.3) is 0 Å². The van der Waals surface area contributed by atoms with Gasteiger partial charge >= 0.3 is 20.7 Å². The SMILES string of the molecule is C=C(C)C(=O)OC(CSC(F)(F)[CH-]F)C(CSC(F)(F)[CH-]F)OC(=O)C(=C)C.CC(CCSC(F)(F)[CH-]F)CSC(F)(F)[CH-]F.CCCCOCC(CSC(F)(F)[CH-]F)SC(F)(F)[CH-]F.CO[Si](CCCSC(F)(F)[CH-]F)(OC)OC.[Rf].[Rf].[Rf].[Rf].[Rf].[Rf].[Rf]. The van der Waals surface area contributed by atoms with Crippen molar-refractivity contribution in [2.45, 2.75) is 114 Å². The molecule has 0 aliphatic carbocycles. The van der Waals surface area contributed by atoms with Gasteiger partial charge in [0.2, 0.25) is 36.8 Å². The Balaban J connectivity index is -0.0000000995. The minimum absolute atomic E-state index is 0. The average molecular weight is 3240 g/mol. The van der Waals surface area contributed by atoms with Crippen LogP contribution in [0.2, 0.25) is 6.04 Å². The van der Waals surface area contributed by atoms with E-state index < -0.39 is 139 Å². The molecule has 88 heavy (non-hydrogen) atoms. The average Bonchev–Trinajstić information content (AvgIpc) is 3.41. The number of ether oxygens (including phenoxy) is 3. The van der Waals surface area contributed by atoms with Gasteiger partial charge in [0.15, 0.2) is 0 Å². The zero-order chi connectivity index (χ0) is 64.0. The van der Waals surface area contributed by atoms with Crippen molar-refractivity contribution in [3.05, 3.63) is 71.0 Å². The maximum atomic E-state index is 13.2. The summed E-state index contributed by atoms with van der Waals surface area (Å²) < 4.78 is 292. The van der Waals surface area contributed by atoms with Gasteiger partial charge in [-0.3, -0.25) is 0 Å². The Hall–Kier alpha value is -7.54. The molecule has 0 aliphatic rings. The van der Waals surface area contributed by atoms with Crippen LogP contribution >= 0.6 is 82.3 Å². The third-order valence-corrected chi connectivity index (χ3v) is 18.6. The Morgan fingerprint density at radius 1 is 0.477 bits per heavy atom. The number of esters is 2. The Morgan fingerprint density at radius 2 is 0.784 bits per heavy atom. The van der Waals surface area contributed by atoms with E-state index in [0.29, 0.717) is 25.5 Å². The first-order valence-corrected chi connectivity index (χ1v) is 31.1. The van der Waals surface area contributed by atoms with Crippen molar-refractivity contribution in [3.63, 3.8) is 0 Å². The Labute approximate surface area is 489 Å². The zero-order valence-electron chi connectivity index (χ0n) is 49.0. The molecule has 44 heteroatoms. The van der Waals surface area contributed by atoms with Crippen LogP contribution in [-0.4, -0.2) is 144 Å². The maximum absolute atomic E-state index is 13.2. The van der Waals surface area contributed by atoms with Gasteiger partial charge in [-0.2, -0.15) is 0 Å². The molecule has 0 amide bonds. The van der Waals surface area contributed by atoms with Crippen LogP contribution in [-0.2, 0) is 37.1 Å². The fourth-order valence-corrected chi connectivity index (χ4v) is 11.7. The van der Waals surface area contributed by atoms with Crippen LogP contribution in [0.4, 0.5) is 92.2 Å². The van der Waals surface area contributed by atoms with E-state index in [1.807, 2.05) is 6.92 Å². The number of carbonyl (C=O) groups excluding carboxylic acids is 2. The number of alkyl halides is 14. The number of unbranched alkanes of at least 4 members (excludes halogenated alkanes) is 1. The van der Waals surface area contributed by atoms with E-state index in [4.69, 9.17) is 27.5 Å². The molecule has 500 valence electrons. The number of carbonyl (C=O) groups is 2. The van der Waals surface area contributed by atoms with E-state index >= 15 is 0 Å². The molecule has 8 nitrogen and oxygen atoms in total. The smallest absolute Gasteiger partial charge is 0.454 e. The van der Waals surface area contributed by atoms with Crippen LogP contribution < -0.4 is 0 Å². The summed E-state index contributed by atoms with van der Waals surface area (Å²) in [6, 6.07) is 0.422. The Bertz CT molecular complexity index is 1670. The summed E-state index contributed by atoms with van der Waals surface area (Å²) in [5, 5.41) is -27.1. The van der Waals surface area contributed by atoms with Crippen LogP contribution in [0, 0.1) is 52.6 Å². The van der Waals surface area contributed by atoms with Crippen molar-refractivity contribution in [2.75, 3.05) is 69.1 Å². The molecule has 0 rings (SSSR count).